The van der Waals surface area contributed by atoms with Gasteiger partial charge in [-0.15, -0.1) is 6.58 Å². The van der Waals surface area contributed by atoms with Gasteiger partial charge in [0.25, 0.3) is 0 Å². The molecular formula is C19H21NO3. The number of amides is 1. The summed E-state index contributed by atoms with van der Waals surface area (Å²) in [6.07, 6.45) is 5.84. The van der Waals surface area contributed by atoms with E-state index in [4.69, 9.17) is 9.47 Å². The van der Waals surface area contributed by atoms with Crippen LogP contribution >= 0.6 is 0 Å². The van der Waals surface area contributed by atoms with E-state index >= 15 is 0 Å². The summed E-state index contributed by atoms with van der Waals surface area (Å²) >= 11 is 0. The average molecular weight is 311 g/mol. The van der Waals surface area contributed by atoms with E-state index in [9.17, 15) is 4.79 Å². The van der Waals surface area contributed by atoms with Crippen LogP contribution in [-0.4, -0.2) is 30.8 Å². The molecule has 1 amide bonds. The molecule has 3 aliphatic rings. The van der Waals surface area contributed by atoms with E-state index in [0.29, 0.717) is 0 Å². The van der Waals surface area contributed by atoms with Crippen molar-refractivity contribution in [3.05, 3.63) is 48.6 Å². The van der Waals surface area contributed by atoms with E-state index in [-0.39, 0.29) is 24.0 Å². The first-order chi connectivity index (χ1) is 11.0. The Kier molecular flexibility index (Phi) is 3.13. The summed E-state index contributed by atoms with van der Waals surface area (Å²) in [5, 5.41) is 0. The maximum Gasteiger partial charge on any atom is 0.233 e. The number of rotatable bonds is 4. The third kappa shape index (κ3) is 1.98. The zero-order chi connectivity index (χ0) is 16.2. The Morgan fingerprint density at radius 3 is 2.78 bits per heavy atom. The second-order valence-electron chi connectivity index (χ2n) is 6.74. The lowest BCUT2D eigenvalue weighted by molar-refractivity contribution is -0.121. The molecule has 2 fully saturated rings. The Morgan fingerprint density at radius 1 is 1.43 bits per heavy atom. The fourth-order valence-electron chi connectivity index (χ4n) is 4.21. The van der Waals surface area contributed by atoms with E-state index < -0.39 is 5.60 Å². The molecule has 3 heterocycles. The summed E-state index contributed by atoms with van der Waals surface area (Å²) in [5.41, 5.74) is 1.47. The van der Waals surface area contributed by atoms with Crippen LogP contribution in [0.15, 0.2) is 48.6 Å². The van der Waals surface area contributed by atoms with Crippen LogP contribution in [0, 0.1) is 5.92 Å². The highest BCUT2D eigenvalue weighted by atomic mass is 16.5. The summed E-state index contributed by atoms with van der Waals surface area (Å²) in [6.45, 7) is 6.06. The highest BCUT2D eigenvalue weighted by molar-refractivity contribution is 6.01. The number of hydrogen-bond donors (Lipinski definition) is 0. The van der Waals surface area contributed by atoms with Gasteiger partial charge in [-0.05, 0) is 44.0 Å². The molecule has 23 heavy (non-hydrogen) atoms. The number of nitrogens with zero attached hydrogens (tertiary/aromatic N) is 1. The Balaban J connectivity index is 1.76. The molecule has 2 saturated heterocycles. The molecule has 1 unspecified atom stereocenters. The van der Waals surface area contributed by atoms with Crippen LogP contribution in [-0.2, 0) is 9.53 Å². The average Bonchev–Trinajstić information content (AvgIpc) is 3.18. The highest BCUT2D eigenvalue weighted by Crippen LogP contribution is 2.54. The predicted octanol–water partition coefficient (Wildman–Crippen LogP) is 3.09. The van der Waals surface area contributed by atoms with E-state index in [1.54, 1.807) is 7.11 Å². The van der Waals surface area contributed by atoms with Crippen molar-refractivity contribution in [3.8, 4) is 5.75 Å². The predicted molar refractivity (Wildman–Crippen MR) is 88.6 cm³/mol. The van der Waals surface area contributed by atoms with Crippen molar-refractivity contribution in [3.63, 3.8) is 0 Å². The van der Waals surface area contributed by atoms with E-state index in [0.717, 1.165) is 29.9 Å². The summed E-state index contributed by atoms with van der Waals surface area (Å²) in [6, 6.07) is 7.63. The maximum absolute atomic E-state index is 13.1. The fourth-order valence-corrected chi connectivity index (χ4v) is 4.21. The molecule has 120 valence electrons. The molecule has 3 aliphatic heterocycles. The van der Waals surface area contributed by atoms with Crippen molar-refractivity contribution in [2.24, 2.45) is 5.92 Å². The van der Waals surface area contributed by atoms with Gasteiger partial charge in [-0.3, -0.25) is 4.79 Å². The zero-order valence-electron chi connectivity index (χ0n) is 13.5. The molecule has 0 radical (unpaired) electrons. The fraction of sp³-hybridized carbons (Fsp3) is 0.421. The lowest BCUT2D eigenvalue weighted by atomic mass is 9.80. The summed E-state index contributed by atoms with van der Waals surface area (Å²) < 4.78 is 11.4. The Hall–Kier alpha value is -2.07. The van der Waals surface area contributed by atoms with Gasteiger partial charge < -0.3 is 14.4 Å². The first-order valence-electron chi connectivity index (χ1n) is 8.04. The Bertz CT molecular complexity index is 693. The second-order valence-corrected chi connectivity index (χ2v) is 6.74. The number of anilines is 1. The standard InChI is InChI=1S/C19H21NO3/c1-12(2)10-17-19-9-8-15(23-19)11-16(19)18(21)20(17)13-4-6-14(22-3)7-5-13/h4-9,15-17H,1,10-11H2,2-3H3/t15-,16+,17?,19+/m1/s1. The van der Waals surface area contributed by atoms with E-state index in [2.05, 4.69) is 18.7 Å². The molecule has 1 aromatic rings. The summed E-state index contributed by atoms with van der Waals surface area (Å²) in [7, 11) is 1.64. The lowest BCUT2D eigenvalue weighted by Crippen LogP contribution is -2.45. The van der Waals surface area contributed by atoms with Gasteiger partial charge in [0.05, 0.1) is 25.2 Å². The van der Waals surface area contributed by atoms with Crippen molar-refractivity contribution in [2.75, 3.05) is 12.0 Å². The van der Waals surface area contributed by atoms with E-state index in [1.165, 1.54) is 0 Å². The van der Waals surface area contributed by atoms with Crippen LogP contribution < -0.4 is 9.64 Å². The highest BCUT2D eigenvalue weighted by Gasteiger charge is 2.65. The molecule has 4 nitrogen and oxygen atoms in total. The van der Waals surface area contributed by atoms with Crippen LogP contribution in [0.5, 0.6) is 5.75 Å². The van der Waals surface area contributed by atoms with Gasteiger partial charge in [0.15, 0.2) is 0 Å². The van der Waals surface area contributed by atoms with Gasteiger partial charge in [0.2, 0.25) is 5.91 Å². The minimum Gasteiger partial charge on any atom is -0.497 e. The van der Waals surface area contributed by atoms with Crippen molar-refractivity contribution in [1.29, 1.82) is 0 Å². The van der Waals surface area contributed by atoms with Crippen LogP contribution in [0.2, 0.25) is 0 Å². The molecule has 0 aliphatic carbocycles. The number of carbonyl (C=O) groups is 1. The molecule has 0 aromatic heterocycles. The summed E-state index contributed by atoms with van der Waals surface area (Å²) in [4.78, 5) is 15.0. The first kappa shape index (κ1) is 14.5. The number of benzene rings is 1. The van der Waals surface area contributed by atoms with Crippen molar-refractivity contribution in [2.45, 2.75) is 37.5 Å². The smallest absolute Gasteiger partial charge is 0.233 e. The molecule has 1 spiro atoms. The molecule has 4 rings (SSSR count). The third-order valence-electron chi connectivity index (χ3n) is 5.20. The normalized spacial score (nSPS) is 34.1. The Morgan fingerprint density at radius 2 is 2.17 bits per heavy atom. The van der Waals surface area contributed by atoms with Crippen LogP contribution in [0.1, 0.15) is 19.8 Å². The van der Waals surface area contributed by atoms with Crippen molar-refractivity contribution >= 4 is 11.6 Å². The molecule has 2 bridgehead atoms. The van der Waals surface area contributed by atoms with Crippen molar-refractivity contribution in [1.82, 2.24) is 0 Å². The molecular weight excluding hydrogens is 290 g/mol. The second kappa shape index (κ2) is 4.96. The van der Waals surface area contributed by atoms with Crippen molar-refractivity contribution < 1.29 is 14.3 Å². The summed E-state index contributed by atoms with van der Waals surface area (Å²) in [5.74, 6) is 0.865. The topological polar surface area (TPSA) is 38.8 Å². The molecule has 1 aromatic carbocycles. The van der Waals surface area contributed by atoms with Crippen LogP contribution in [0.4, 0.5) is 5.69 Å². The van der Waals surface area contributed by atoms with E-state index in [1.807, 2.05) is 36.1 Å². The van der Waals surface area contributed by atoms with Gasteiger partial charge in [-0.25, -0.2) is 0 Å². The lowest BCUT2D eigenvalue weighted by Gasteiger charge is -2.33. The number of ether oxygens (including phenoxy) is 2. The zero-order valence-corrected chi connectivity index (χ0v) is 13.5. The van der Waals surface area contributed by atoms with Crippen LogP contribution in [0.25, 0.3) is 0 Å². The first-order valence-corrected chi connectivity index (χ1v) is 8.04. The molecule has 4 heteroatoms. The van der Waals surface area contributed by atoms with Crippen LogP contribution in [0.3, 0.4) is 0 Å². The third-order valence-corrected chi connectivity index (χ3v) is 5.20. The number of carbonyl (C=O) groups excluding carboxylic acids is 1. The minimum absolute atomic E-state index is 0.0327. The van der Waals surface area contributed by atoms with Gasteiger partial charge >= 0.3 is 0 Å². The Labute approximate surface area is 136 Å². The minimum atomic E-state index is -0.485. The number of hydrogen-bond acceptors (Lipinski definition) is 3. The van der Waals surface area contributed by atoms with Gasteiger partial charge in [0.1, 0.15) is 11.4 Å². The SMILES string of the molecule is C=C(C)CC1N(c2ccc(OC)cc2)C(=O)[C@@H]2C[C@H]3C=C[C@@]12O3. The quantitative estimate of drug-likeness (QED) is 0.802. The monoisotopic (exact) mass is 311 g/mol. The molecule has 4 atom stereocenters. The number of methoxy groups -OCH3 is 1. The van der Waals surface area contributed by atoms with Gasteiger partial charge in [0, 0.05) is 5.69 Å². The van der Waals surface area contributed by atoms with Gasteiger partial charge in [-0.2, -0.15) is 0 Å². The van der Waals surface area contributed by atoms with Gasteiger partial charge in [-0.1, -0.05) is 17.7 Å². The largest absolute Gasteiger partial charge is 0.497 e. The molecule has 0 saturated carbocycles. The maximum atomic E-state index is 13.1. The number of fused-ring (bicyclic) bond motifs is 1. The molecule has 0 N–H and O–H groups in total.